The van der Waals surface area contributed by atoms with E-state index in [-0.39, 0.29) is 22.9 Å². The van der Waals surface area contributed by atoms with E-state index in [1.165, 1.54) is 18.9 Å². The number of carbonyl (C=O) groups is 2. The Balaban J connectivity index is 1.60. The minimum atomic E-state index is -0.157. The molecule has 0 N–H and O–H groups in total. The molecule has 3 saturated carbocycles. The lowest BCUT2D eigenvalue weighted by Crippen LogP contribution is -2.50. The molecular weight excluding hydrogens is 300 g/mol. The van der Waals surface area contributed by atoms with E-state index in [1.54, 1.807) is 0 Å². The molecule has 0 aromatic carbocycles. The number of carbonyl (C=O) groups excluding carboxylic acids is 2. The molecule has 132 valence electrons. The van der Waals surface area contributed by atoms with Crippen LogP contribution in [0.5, 0.6) is 0 Å². The minimum Gasteiger partial charge on any atom is -0.462 e. The molecule has 6 atom stereocenters. The molecule has 3 nitrogen and oxygen atoms in total. The second-order valence-corrected chi connectivity index (χ2v) is 9.15. The molecule has 24 heavy (non-hydrogen) atoms. The van der Waals surface area contributed by atoms with E-state index in [2.05, 4.69) is 19.9 Å². The molecule has 0 heterocycles. The van der Waals surface area contributed by atoms with Crippen LogP contribution in [0.25, 0.3) is 0 Å². The molecule has 0 aromatic heterocycles. The largest absolute Gasteiger partial charge is 0.462 e. The van der Waals surface area contributed by atoms with Crippen molar-refractivity contribution in [1.82, 2.24) is 0 Å². The van der Waals surface area contributed by atoms with Crippen LogP contribution in [0.3, 0.4) is 0 Å². The minimum absolute atomic E-state index is 0.0438. The molecule has 0 radical (unpaired) electrons. The molecule has 4 aliphatic carbocycles. The van der Waals surface area contributed by atoms with Crippen LogP contribution in [-0.2, 0) is 14.3 Å². The van der Waals surface area contributed by atoms with Crippen molar-refractivity contribution in [2.75, 3.05) is 0 Å². The van der Waals surface area contributed by atoms with E-state index in [0.29, 0.717) is 23.5 Å². The molecule has 0 bridgehead atoms. The number of hydrogen-bond donors (Lipinski definition) is 0. The van der Waals surface area contributed by atoms with Crippen molar-refractivity contribution in [3.63, 3.8) is 0 Å². The van der Waals surface area contributed by atoms with Gasteiger partial charge < -0.3 is 4.74 Å². The Kier molecular flexibility index (Phi) is 3.71. The van der Waals surface area contributed by atoms with Gasteiger partial charge in [-0.3, -0.25) is 9.59 Å². The zero-order valence-corrected chi connectivity index (χ0v) is 15.3. The fourth-order valence-electron chi connectivity index (χ4n) is 6.73. The summed E-state index contributed by atoms with van der Waals surface area (Å²) in [5.41, 5.74) is 1.74. The van der Waals surface area contributed by atoms with Gasteiger partial charge >= 0.3 is 5.97 Å². The SMILES string of the molecule is CC(=O)OC1CCC2(C)C(=CCC3C4CCC(=O)C4(C)CCC32)C1. The summed E-state index contributed by atoms with van der Waals surface area (Å²) in [5.74, 6) is 2.33. The smallest absolute Gasteiger partial charge is 0.302 e. The fraction of sp³-hybridized carbons (Fsp3) is 0.810. The molecule has 3 fully saturated rings. The van der Waals surface area contributed by atoms with Gasteiger partial charge in [0.1, 0.15) is 11.9 Å². The number of fused-ring (bicyclic) bond motifs is 5. The average Bonchev–Trinajstić information content (AvgIpc) is 2.83. The summed E-state index contributed by atoms with van der Waals surface area (Å²) in [7, 11) is 0. The maximum atomic E-state index is 12.4. The fourth-order valence-corrected chi connectivity index (χ4v) is 6.73. The van der Waals surface area contributed by atoms with Crippen LogP contribution in [0.1, 0.15) is 72.1 Å². The highest BCUT2D eigenvalue weighted by Gasteiger charge is 2.58. The van der Waals surface area contributed by atoms with Crippen molar-refractivity contribution < 1.29 is 14.3 Å². The van der Waals surface area contributed by atoms with Crippen molar-refractivity contribution in [3.8, 4) is 0 Å². The first-order chi connectivity index (χ1) is 11.3. The summed E-state index contributed by atoms with van der Waals surface area (Å²) in [6.07, 6.45) is 10.8. The Bertz CT molecular complexity index is 606. The molecular formula is C21H30O3. The van der Waals surface area contributed by atoms with Crippen molar-refractivity contribution in [2.24, 2.45) is 28.6 Å². The van der Waals surface area contributed by atoms with E-state index in [4.69, 9.17) is 4.74 Å². The third-order valence-corrected chi connectivity index (χ3v) is 8.10. The van der Waals surface area contributed by atoms with Crippen LogP contribution < -0.4 is 0 Å². The number of rotatable bonds is 1. The number of esters is 1. The Morgan fingerprint density at radius 1 is 1.12 bits per heavy atom. The predicted octanol–water partition coefficient (Wildman–Crippen LogP) is 4.45. The van der Waals surface area contributed by atoms with Crippen molar-refractivity contribution in [2.45, 2.75) is 78.2 Å². The Hall–Kier alpha value is -1.12. The van der Waals surface area contributed by atoms with Crippen molar-refractivity contribution in [1.29, 1.82) is 0 Å². The van der Waals surface area contributed by atoms with Crippen LogP contribution in [0.4, 0.5) is 0 Å². The molecule has 0 aromatic rings. The number of ether oxygens (including phenoxy) is 1. The van der Waals surface area contributed by atoms with Crippen LogP contribution >= 0.6 is 0 Å². The third kappa shape index (κ3) is 2.23. The summed E-state index contributed by atoms with van der Waals surface area (Å²) in [6, 6.07) is 0. The number of ketones is 1. The molecule has 6 unspecified atom stereocenters. The van der Waals surface area contributed by atoms with Gasteiger partial charge in [0, 0.05) is 25.2 Å². The maximum absolute atomic E-state index is 12.4. The van der Waals surface area contributed by atoms with E-state index in [1.807, 2.05) is 0 Å². The molecule has 3 heteroatoms. The first-order valence-corrected chi connectivity index (χ1v) is 9.74. The lowest BCUT2D eigenvalue weighted by atomic mass is 9.48. The van der Waals surface area contributed by atoms with Gasteiger partial charge in [-0.25, -0.2) is 0 Å². The van der Waals surface area contributed by atoms with Crippen molar-refractivity contribution in [3.05, 3.63) is 11.6 Å². The molecule has 4 aliphatic rings. The van der Waals surface area contributed by atoms with Gasteiger partial charge in [0.2, 0.25) is 0 Å². The van der Waals surface area contributed by atoms with E-state index in [9.17, 15) is 9.59 Å². The van der Waals surface area contributed by atoms with Crippen molar-refractivity contribution >= 4 is 11.8 Å². The summed E-state index contributed by atoms with van der Waals surface area (Å²) < 4.78 is 5.50. The van der Waals surface area contributed by atoms with E-state index < -0.39 is 0 Å². The van der Waals surface area contributed by atoms with Crippen LogP contribution in [0.2, 0.25) is 0 Å². The zero-order chi connectivity index (χ0) is 17.1. The Morgan fingerprint density at radius 3 is 2.58 bits per heavy atom. The van der Waals surface area contributed by atoms with Gasteiger partial charge in [-0.15, -0.1) is 0 Å². The summed E-state index contributed by atoms with van der Waals surface area (Å²) >= 11 is 0. The first kappa shape index (κ1) is 16.4. The standard InChI is InChI=1S/C21H30O3/c1-13(22)24-15-8-10-20(2)14(12-15)4-5-16-17-6-7-19(23)21(17,3)11-9-18(16)20/h4,15-18H,5-12H2,1-3H3. The molecule has 0 saturated heterocycles. The quantitative estimate of drug-likeness (QED) is 0.527. The van der Waals surface area contributed by atoms with E-state index in [0.717, 1.165) is 44.9 Å². The maximum Gasteiger partial charge on any atom is 0.302 e. The van der Waals surface area contributed by atoms with Gasteiger partial charge in [0.05, 0.1) is 0 Å². The monoisotopic (exact) mass is 330 g/mol. The topological polar surface area (TPSA) is 43.4 Å². The van der Waals surface area contributed by atoms with Crippen LogP contribution in [0, 0.1) is 28.6 Å². The van der Waals surface area contributed by atoms with Crippen LogP contribution in [-0.4, -0.2) is 17.9 Å². The summed E-state index contributed by atoms with van der Waals surface area (Å²) in [5, 5.41) is 0. The average molecular weight is 330 g/mol. The second-order valence-electron chi connectivity index (χ2n) is 9.15. The van der Waals surface area contributed by atoms with Gasteiger partial charge in [-0.05, 0) is 61.7 Å². The molecule has 0 amide bonds. The Labute approximate surface area is 145 Å². The molecule has 0 aliphatic heterocycles. The third-order valence-electron chi connectivity index (χ3n) is 8.10. The highest BCUT2D eigenvalue weighted by molar-refractivity contribution is 5.87. The van der Waals surface area contributed by atoms with Crippen LogP contribution in [0.15, 0.2) is 11.6 Å². The second kappa shape index (κ2) is 5.44. The van der Waals surface area contributed by atoms with Gasteiger partial charge in [-0.1, -0.05) is 25.5 Å². The highest BCUT2D eigenvalue weighted by Crippen LogP contribution is 2.64. The number of hydrogen-bond acceptors (Lipinski definition) is 3. The van der Waals surface area contributed by atoms with Gasteiger partial charge in [0.15, 0.2) is 0 Å². The van der Waals surface area contributed by atoms with Gasteiger partial charge in [-0.2, -0.15) is 0 Å². The lowest BCUT2D eigenvalue weighted by Gasteiger charge is -2.56. The molecule has 4 rings (SSSR count). The normalized spacial score (nSPS) is 47.3. The summed E-state index contributed by atoms with van der Waals surface area (Å²) in [4.78, 5) is 23.7. The molecule has 0 spiro atoms. The Morgan fingerprint density at radius 2 is 1.83 bits per heavy atom. The lowest BCUT2D eigenvalue weighted by molar-refractivity contribution is -0.148. The summed E-state index contributed by atoms with van der Waals surface area (Å²) in [6.45, 7) is 6.19. The highest BCUT2D eigenvalue weighted by atomic mass is 16.5. The number of allylic oxidation sites excluding steroid dienone is 1. The number of Topliss-reactive ketones (excluding diaryl/α,β-unsaturated/α-hetero) is 1. The van der Waals surface area contributed by atoms with E-state index >= 15 is 0 Å². The predicted molar refractivity (Wildman–Crippen MR) is 92.3 cm³/mol. The first-order valence-electron chi connectivity index (χ1n) is 9.74. The van der Waals surface area contributed by atoms with Gasteiger partial charge in [0.25, 0.3) is 0 Å². The zero-order valence-electron chi connectivity index (χ0n) is 15.3.